The van der Waals surface area contributed by atoms with Crippen LogP contribution in [0, 0.1) is 11.3 Å². The maximum atomic E-state index is 8.77. The zero-order valence-corrected chi connectivity index (χ0v) is 12.1. The summed E-state index contributed by atoms with van der Waals surface area (Å²) >= 11 is 1.65. The summed E-state index contributed by atoms with van der Waals surface area (Å²) in [6, 6.07) is 19.7. The first-order valence-electron chi connectivity index (χ1n) is 6.59. The number of thiazole rings is 1. The van der Waals surface area contributed by atoms with Crippen molar-refractivity contribution >= 4 is 17.0 Å². The van der Waals surface area contributed by atoms with Gasteiger partial charge in [-0.25, -0.2) is 4.98 Å². The molecule has 0 saturated carbocycles. The number of hydrogen-bond donors (Lipinski definition) is 1. The summed E-state index contributed by atoms with van der Waals surface area (Å²) in [5, 5.41) is 15.2. The molecule has 0 aliphatic rings. The van der Waals surface area contributed by atoms with Gasteiger partial charge in [-0.15, -0.1) is 11.3 Å². The predicted molar refractivity (Wildman–Crippen MR) is 86.0 cm³/mol. The molecule has 0 aliphatic heterocycles. The van der Waals surface area contributed by atoms with E-state index in [0.29, 0.717) is 12.1 Å². The number of nitriles is 1. The smallest absolute Gasteiger partial charge is 0.112 e. The van der Waals surface area contributed by atoms with E-state index in [1.165, 1.54) is 0 Å². The molecule has 1 heterocycles. The van der Waals surface area contributed by atoms with Gasteiger partial charge in [0.1, 0.15) is 5.01 Å². The van der Waals surface area contributed by atoms with Gasteiger partial charge >= 0.3 is 0 Å². The van der Waals surface area contributed by atoms with Gasteiger partial charge in [-0.1, -0.05) is 30.3 Å². The molecule has 2 aromatic carbocycles. The van der Waals surface area contributed by atoms with Crippen molar-refractivity contribution < 1.29 is 0 Å². The highest BCUT2D eigenvalue weighted by Gasteiger charge is 2.04. The van der Waals surface area contributed by atoms with Crippen LogP contribution in [0.4, 0.5) is 5.69 Å². The highest BCUT2D eigenvalue weighted by molar-refractivity contribution is 7.09. The first-order chi connectivity index (χ1) is 10.3. The molecule has 3 nitrogen and oxygen atoms in total. The van der Waals surface area contributed by atoms with Gasteiger partial charge in [-0.2, -0.15) is 5.26 Å². The Morgan fingerprint density at radius 3 is 2.52 bits per heavy atom. The Morgan fingerprint density at radius 2 is 1.81 bits per heavy atom. The minimum atomic E-state index is 0.668. The topological polar surface area (TPSA) is 48.7 Å². The van der Waals surface area contributed by atoms with Crippen molar-refractivity contribution in [2.24, 2.45) is 0 Å². The molecule has 3 rings (SSSR count). The molecule has 0 saturated heterocycles. The van der Waals surface area contributed by atoms with E-state index in [1.54, 1.807) is 23.5 Å². The summed E-state index contributed by atoms with van der Waals surface area (Å²) in [7, 11) is 0. The average Bonchev–Trinajstić information content (AvgIpc) is 3.03. The highest BCUT2D eigenvalue weighted by Crippen LogP contribution is 2.22. The molecule has 1 aromatic heterocycles. The fourth-order valence-corrected chi connectivity index (χ4v) is 2.72. The number of benzene rings is 2. The lowest BCUT2D eigenvalue weighted by Gasteiger charge is -2.03. The normalized spacial score (nSPS) is 10.0. The van der Waals surface area contributed by atoms with E-state index in [1.807, 2.05) is 30.3 Å². The fourth-order valence-electron chi connectivity index (χ4n) is 1.97. The lowest BCUT2D eigenvalue weighted by molar-refractivity contribution is 1.11. The Labute approximate surface area is 127 Å². The van der Waals surface area contributed by atoms with Crippen LogP contribution in [0.2, 0.25) is 0 Å². The second-order valence-electron chi connectivity index (χ2n) is 4.54. The summed E-state index contributed by atoms with van der Waals surface area (Å²) in [6.45, 7) is 0.684. The van der Waals surface area contributed by atoms with Gasteiger partial charge in [0.05, 0.1) is 23.9 Å². The van der Waals surface area contributed by atoms with Crippen molar-refractivity contribution in [3.8, 4) is 17.3 Å². The molecule has 0 aliphatic carbocycles. The van der Waals surface area contributed by atoms with Crippen LogP contribution in [-0.2, 0) is 6.54 Å². The van der Waals surface area contributed by atoms with Gasteiger partial charge < -0.3 is 5.32 Å². The number of nitrogens with one attached hydrogen (secondary N) is 1. The molecule has 1 N–H and O–H groups in total. The Kier molecular flexibility index (Phi) is 3.95. The largest absolute Gasteiger partial charge is 0.379 e. The van der Waals surface area contributed by atoms with E-state index in [4.69, 9.17) is 5.26 Å². The van der Waals surface area contributed by atoms with E-state index < -0.39 is 0 Å². The molecule has 0 bridgehead atoms. The highest BCUT2D eigenvalue weighted by atomic mass is 32.1. The van der Waals surface area contributed by atoms with E-state index in [0.717, 1.165) is 22.0 Å². The molecular weight excluding hydrogens is 278 g/mol. The van der Waals surface area contributed by atoms with Crippen LogP contribution in [-0.4, -0.2) is 4.98 Å². The number of hydrogen-bond acceptors (Lipinski definition) is 4. The molecule has 3 aromatic rings. The Bertz CT molecular complexity index is 755. The fraction of sp³-hybridized carbons (Fsp3) is 0.0588. The van der Waals surface area contributed by atoms with Crippen LogP contribution in [0.3, 0.4) is 0 Å². The number of rotatable bonds is 4. The summed E-state index contributed by atoms with van der Waals surface area (Å²) in [6.07, 6.45) is 0. The molecule has 0 unspecified atom stereocenters. The van der Waals surface area contributed by atoms with E-state index in [2.05, 4.69) is 33.9 Å². The maximum Gasteiger partial charge on any atom is 0.112 e. The third kappa shape index (κ3) is 3.28. The predicted octanol–water partition coefficient (Wildman–Crippen LogP) is 4.29. The Morgan fingerprint density at radius 1 is 1.05 bits per heavy atom. The molecule has 0 radical (unpaired) electrons. The van der Waals surface area contributed by atoms with Gasteiger partial charge in [-0.05, 0) is 24.3 Å². The minimum absolute atomic E-state index is 0.668. The zero-order chi connectivity index (χ0) is 14.5. The van der Waals surface area contributed by atoms with Crippen molar-refractivity contribution in [1.82, 2.24) is 4.98 Å². The van der Waals surface area contributed by atoms with Crippen LogP contribution in [0.1, 0.15) is 10.6 Å². The molecule has 0 spiro atoms. The molecule has 102 valence electrons. The monoisotopic (exact) mass is 291 g/mol. The zero-order valence-electron chi connectivity index (χ0n) is 11.3. The van der Waals surface area contributed by atoms with E-state index in [9.17, 15) is 0 Å². The molecular formula is C17H13N3S. The van der Waals surface area contributed by atoms with Crippen LogP contribution >= 0.6 is 11.3 Å². The summed E-state index contributed by atoms with van der Waals surface area (Å²) < 4.78 is 0. The number of anilines is 1. The lowest BCUT2D eigenvalue weighted by atomic mass is 10.2. The minimum Gasteiger partial charge on any atom is -0.379 e. The first-order valence-corrected chi connectivity index (χ1v) is 7.47. The second kappa shape index (κ2) is 6.21. The molecule has 4 heteroatoms. The van der Waals surface area contributed by atoms with Gasteiger partial charge in [0.25, 0.3) is 0 Å². The molecule has 21 heavy (non-hydrogen) atoms. The van der Waals surface area contributed by atoms with Crippen molar-refractivity contribution in [2.45, 2.75) is 6.54 Å². The Balaban J connectivity index is 1.66. The van der Waals surface area contributed by atoms with E-state index >= 15 is 0 Å². The number of nitrogens with zero attached hydrogens (tertiary/aromatic N) is 2. The third-order valence-corrected chi connectivity index (χ3v) is 3.93. The van der Waals surface area contributed by atoms with Gasteiger partial charge in [-0.3, -0.25) is 0 Å². The van der Waals surface area contributed by atoms with Crippen LogP contribution < -0.4 is 5.32 Å². The van der Waals surface area contributed by atoms with Crippen molar-refractivity contribution in [3.63, 3.8) is 0 Å². The van der Waals surface area contributed by atoms with Crippen LogP contribution in [0.15, 0.2) is 60.0 Å². The SMILES string of the molecule is N#Cc1ccc(NCc2nc(-c3ccccc3)cs2)cc1. The Hall–Kier alpha value is -2.64. The first kappa shape index (κ1) is 13.3. The lowest BCUT2D eigenvalue weighted by Crippen LogP contribution is -1.98. The van der Waals surface area contributed by atoms with Crippen molar-refractivity contribution in [1.29, 1.82) is 5.26 Å². The number of aromatic nitrogens is 1. The third-order valence-electron chi connectivity index (χ3n) is 3.08. The second-order valence-corrected chi connectivity index (χ2v) is 5.48. The van der Waals surface area contributed by atoms with Gasteiger partial charge in [0.15, 0.2) is 0 Å². The van der Waals surface area contributed by atoms with Crippen molar-refractivity contribution in [2.75, 3.05) is 5.32 Å². The summed E-state index contributed by atoms with van der Waals surface area (Å²) in [4.78, 5) is 4.63. The quantitative estimate of drug-likeness (QED) is 0.780. The standard InChI is InChI=1S/C17H13N3S/c18-10-13-6-8-15(9-7-13)19-11-17-20-16(12-21-17)14-4-2-1-3-5-14/h1-9,12,19H,11H2. The summed E-state index contributed by atoms with van der Waals surface area (Å²) in [5.41, 5.74) is 3.81. The van der Waals surface area contributed by atoms with Crippen molar-refractivity contribution in [3.05, 3.63) is 70.5 Å². The maximum absolute atomic E-state index is 8.77. The van der Waals surface area contributed by atoms with Gasteiger partial charge in [0.2, 0.25) is 0 Å². The van der Waals surface area contributed by atoms with Crippen LogP contribution in [0.5, 0.6) is 0 Å². The van der Waals surface area contributed by atoms with Gasteiger partial charge in [0, 0.05) is 16.6 Å². The molecule has 0 amide bonds. The summed E-state index contributed by atoms with van der Waals surface area (Å²) in [5.74, 6) is 0. The molecule has 0 fully saturated rings. The van der Waals surface area contributed by atoms with Crippen LogP contribution in [0.25, 0.3) is 11.3 Å². The average molecular weight is 291 g/mol. The van der Waals surface area contributed by atoms with E-state index in [-0.39, 0.29) is 0 Å². The molecule has 0 atom stereocenters.